The van der Waals surface area contributed by atoms with E-state index in [1.165, 1.54) is 0 Å². The molecule has 0 saturated heterocycles. The molecule has 0 heterocycles. The first-order valence-corrected chi connectivity index (χ1v) is 6.01. The summed E-state index contributed by atoms with van der Waals surface area (Å²) in [7, 11) is 1.80. The Kier molecular flexibility index (Phi) is 4.70. The Bertz CT molecular complexity index is 362. The summed E-state index contributed by atoms with van der Waals surface area (Å²) in [5, 5.41) is 3.14. The van der Waals surface area contributed by atoms with Gasteiger partial charge in [-0.1, -0.05) is 44.2 Å². The van der Waals surface area contributed by atoms with Gasteiger partial charge in [-0.15, -0.1) is 0 Å². The largest absolute Gasteiger partial charge is 0.464 e. The number of carbonyl (C=O) groups is 1. The zero-order valence-corrected chi connectivity index (χ0v) is 11.0. The van der Waals surface area contributed by atoms with Gasteiger partial charge in [-0.05, 0) is 25.5 Å². The lowest BCUT2D eigenvalue weighted by molar-refractivity contribution is -0.153. The van der Waals surface area contributed by atoms with Gasteiger partial charge in [0.25, 0.3) is 0 Å². The number of benzene rings is 1. The Morgan fingerprint density at radius 3 is 2.35 bits per heavy atom. The van der Waals surface area contributed by atoms with Crippen molar-refractivity contribution in [1.82, 2.24) is 5.32 Å². The van der Waals surface area contributed by atoms with Crippen LogP contribution in [0.1, 0.15) is 26.3 Å². The van der Waals surface area contributed by atoms with Crippen molar-refractivity contribution in [3.63, 3.8) is 0 Å². The molecule has 1 atom stereocenters. The smallest absolute Gasteiger partial charge is 0.331 e. The summed E-state index contributed by atoms with van der Waals surface area (Å²) >= 11 is 0. The summed E-state index contributed by atoms with van der Waals surface area (Å²) in [6.45, 7) is 6.24. The Balaban J connectivity index is 3.23. The number of hydrogen-bond donors (Lipinski definition) is 1. The van der Waals surface area contributed by atoms with Gasteiger partial charge < -0.3 is 10.1 Å². The molecule has 0 amide bonds. The quantitative estimate of drug-likeness (QED) is 0.796. The van der Waals surface area contributed by atoms with E-state index >= 15 is 0 Å². The molecule has 0 aromatic heterocycles. The molecule has 1 rings (SSSR count). The predicted molar refractivity (Wildman–Crippen MR) is 68.7 cm³/mol. The lowest BCUT2D eigenvalue weighted by atomic mass is 9.80. The van der Waals surface area contributed by atoms with E-state index in [0.29, 0.717) is 6.61 Å². The Morgan fingerprint density at radius 1 is 1.35 bits per heavy atom. The van der Waals surface area contributed by atoms with Crippen LogP contribution in [0.4, 0.5) is 0 Å². The van der Waals surface area contributed by atoms with Crippen LogP contribution in [0.5, 0.6) is 0 Å². The lowest BCUT2D eigenvalue weighted by Gasteiger charge is -2.35. The van der Waals surface area contributed by atoms with Crippen molar-refractivity contribution in [1.29, 1.82) is 0 Å². The highest BCUT2D eigenvalue weighted by atomic mass is 16.5. The maximum atomic E-state index is 12.3. The maximum absolute atomic E-state index is 12.3. The minimum absolute atomic E-state index is 0.106. The van der Waals surface area contributed by atoms with E-state index in [2.05, 4.69) is 5.32 Å². The first-order valence-electron chi connectivity index (χ1n) is 6.01. The first-order chi connectivity index (χ1) is 8.09. The number of ether oxygens (including phenoxy) is 1. The van der Waals surface area contributed by atoms with Crippen LogP contribution in [0, 0.1) is 5.92 Å². The summed E-state index contributed by atoms with van der Waals surface area (Å²) in [5.74, 6) is -0.113. The van der Waals surface area contributed by atoms with Crippen LogP contribution in [0.25, 0.3) is 0 Å². The minimum Gasteiger partial charge on any atom is -0.464 e. The SMILES string of the molecule is CCOC(=O)C(NC)(c1ccccc1)C(C)C. The van der Waals surface area contributed by atoms with Crippen LogP contribution in [0.3, 0.4) is 0 Å². The van der Waals surface area contributed by atoms with Gasteiger partial charge in [-0.2, -0.15) is 0 Å². The minimum atomic E-state index is -0.767. The van der Waals surface area contributed by atoms with Gasteiger partial charge in [-0.25, -0.2) is 4.79 Å². The van der Waals surface area contributed by atoms with Gasteiger partial charge >= 0.3 is 5.97 Å². The van der Waals surface area contributed by atoms with E-state index in [9.17, 15) is 4.79 Å². The maximum Gasteiger partial charge on any atom is 0.331 e. The van der Waals surface area contributed by atoms with Crippen LogP contribution in [0.2, 0.25) is 0 Å². The topological polar surface area (TPSA) is 38.3 Å². The molecule has 1 unspecified atom stereocenters. The molecule has 0 saturated carbocycles. The zero-order chi connectivity index (χ0) is 12.9. The van der Waals surface area contributed by atoms with E-state index in [4.69, 9.17) is 4.74 Å². The average molecular weight is 235 g/mol. The Labute approximate surface area is 103 Å². The van der Waals surface area contributed by atoms with Crippen molar-refractivity contribution in [3.05, 3.63) is 35.9 Å². The zero-order valence-electron chi connectivity index (χ0n) is 11.0. The lowest BCUT2D eigenvalue weighted by Crippen LogP contribution is -2.52. The molecule has 0 radical (unpaired) electrons. The predicted octanol–water partition coefficient (Wildman–Crippen LogP) is 2.32. The van der Waals surface area contributed by atoms with Crippen LogP contribution in [-0.2, 0) is 15.1 Å². The molecule has 0 aliphatic carbocycles. The van der Waals surface area contributed by atoms with Crippen LogP contribution in [-0.4, -0.2) is 19.6 Å². The molecule has 0 aliphatic heterocycles. The highest BCUT2D eigenvalue weighted by molar-refractivity contribution is 5.83. The molecule has 1 aromatic carbocycles. The fourth-order valence-electron chi connectivity index (χ4n) is 2.17. The number of esters is 1. The molecular weight excluding hydrogens is 214 g/mol. The fourth-order valence-corrected chi connectivity index (χ4v) is 2.17. The van der Waals surface area contributed by atoms with E-state index in [1.54, 1.807) is 7.05 Å². The molecule has 0 bridgehead atoms. The second-order valence-corrected chi connectivity index (χ2v) is 4.30. The number of hydrogen-bond acceptors (Lipinski definition) is 3. The van der Waals surface area contributed by atoms with Crippen molar-refractivity contribution >= 4 is 5.97 Å². The van der Waals surface area contributed by atoms with Gasteiger partial charge in [0.15, 0.2) is 0 Å². The normalized spacial score (nSPS) is 14.4. The standard InChI is InChI=1S/C14H21NO2/c1-5-17-13(16)14(15-4,11(2)3)12-9-7-6-8-10-12/h6-11,15H,5H2,1-4H3. The summed E-state index contributed by atoms with van der Waals surface area (Å²) in [4.78, 5) is 12.3. The molecule has 0 spiro atoms. The van der Waals surface area contributed by atoms with Crippen molar-refractivity contribution in [2.24, 2.45) is 5.92 Å². The molecule has 0 fully saturated rings. The number of likely N-dealkylation sites (N-methyl/N-ethyl adjacent to an activating group) is 1. The first kappa shape index (κ1) is 13.7. The van der Waals surface area contributed by atoms with E-state index in [1.807, 2.05) is 51.1 Å². The van der Waals surface area contributed by atoms with Crippen molar-refractivity contribution in [2.75, 3.05) is 13.7 Å². The molecule has 3 nitrogen and oxygen atoms in total. The summed E-state index contributed by atoms with van der Waals surface area (Å²) in [5.41, 5.74) is 0.174. The van der Waals surface area contributed by atoms with E-state index in [-0.39, 0.29) is 11.9 Å². The Hall–Kier alpha value is -1.35. The van der Waals surface area contributed by atoms with Gasteiger partial charge in [-0.3, -0.25) is 0 Å². The fraction of sp³-hybridized carbons (Fsp3) is 0.500. The summed E-state index contributed by atoms with van der Waals surface area (Å²) in [6, 6.07) is 9.71. The molecular formula is C14H21NO2. The van der Waals surface area contributed by atoms with Gasteiger partial charge in [0.05, 0.1) is 6.61 Å². The molecule has 0 aliphatic rings. The number of carbonyl (C=O) groups excluding carboxylic acids is 1. The van der Waals surface area contributed by atoms with E-state index < -0.39 is 5.54 Å². The monoisotopic (exact) mass is 235 g/mol. The second-order valence-electron chi connectivity index (χ2n) is 4.30. The third-order valence-electron chi connectivity index (χ3n) is 3.09. The third kappa shape index (κ3) is 2.50. The van der Waals surface area contributed by atoms with E-state index in [0.717, 1.165) is 5.56 Å². The average Bonchev–Trinajstić information content (AvgIpc) is 2.32. The molecule has 3 heteroatoms. The number of nitrogens with one attached hydrogen (secondary N) is 1. The highest BCUT2D eigenvalue weighted by Crippen LogP contribution is 2.30. The number of rotatable bonds is 5. The van der Waals surface area contributed by atoms with Crippen LogP contribution in [0.15, 0.2) is 30.3 Å². The molecule has 1 N–H and O–H groups in total. The van der Waals surface area contributed by atoms with Crippen LogP contribution >= 0.6 is 0 Å². The van der Waals surface area contributed by atoms with Crippen molar-refractivity contribution in [2.45, 2.75) is 26.3 Å². The molecule has 1 aromatic rings. The highest BCUT2D eigenvalue weighted by Gasteiger charge is 2.43. The second kappa shape index (κ2) is 5.82. The van der Waals surface area contributed by atoms with Gasteiger partial charge in [0, 0.05) is 0 Å². The van der Waals surface area contributed by atoms with Crippen molar-refractivity contribution in [3.8, 4) is 0 Å². The molecule has 17 heavy (non-hydrogen) atoms. The summed E-state index contributed by atoms with van der Waals surface area (Å²) in [6.07, 6.45) is 0. The summed E-state index contributed by atoms with van der Waals surface area (Å²) < 4.78 is 5.21. The van der Waals surface area contributed by atoms with Gasteiger partial charge in [0.1, 0.15) is 5.54 Å². The Morgan fingerprint density at radius 2 is 1.94 bits per heavy atom. The molecule has 94 valence electrons. The van der Waals surface area contributed by atoms with Gasteiger partial charge in [0.2, 0.25) is 0 Å². The third-order valence-corrected chi connectivity index (χ3v) is 3.09. The van der Waals surface area contributed by atoms with Crippen LogP contribution < -0.4 is 5.32 Å². The van der Waals surface area contributed by atoms with Crippen molar-refractivity contribution < 1.29 is 9.53 Å².